The van der Waals surface area contributed by atoms with Gasteiger partial charge < -0.3 is 28.0 Å². The zero-order valence-electron chi connectivity index (χ0n) is 32.1. The lowest BCUT2D eigenvalue weighted by Crippen LogP contribution is -2.47. The fourth-order valence-corrected chi connectivity index (χ4v) is 9.62. The van der Waals surface area contributed by atoms with Gasteiger partial charge in [-0.25, -0.2) is 9.46 Å². The summed E-state index contributed by atoms with van der Waals surface area (Å²) in [6, 6.07) is 29.1. The van der Waals surface area contributed by atoms with E-state index in [1.165, 1.54) is 16.8 Å². The maximum absolute atomic E-state index is 13.3. The minimum absolute atomic E-state index is 0.000527. The molecular weight excluding hydrogens is 719 g/mol. The van der Waals surface area contributed by atoms with Gasteiger partial charge in [-0.05, 0) is 68.7 Å². The largest absolute Gasteiger partial charge is 0.497 e. The Bertz CT molecular complexity index is 2020. The van der Waals surface area contributed by atoms with Crippen molar-refractivity contribution < 1.29 is 28.0 Å². The van der Waals surface area contributed by atoms with E-state index in [4.69, 9.17) is 28.0 Å². The van der Waals surface area contributed by atoms with Gasteiger partial charge in [0, 0.05) is 30.8 Å². The number of methoxy groups -OCH3 is 2. The van der Waals surface area contributed by atoms with Crippen molar-refractivity contribution in [3.8, 4) is 17.6 Å². The monoisotopic (exact) mass is 768 g/mol. The molecule has 2 fully saturated rings. The van der Waals surface area contributed by atoms with Gasteiger partial charge in [0.1, 0.15) is 35.0 Å². The van der Waals surface area contributed by atoms with Crippen LogP contribution < -0.4 is 20.7 Å². The van der Waals surface area contributed by atoms with Crippen LogP contribution in [0.15, 0.2) is 113 Å². The van der Waals surface area contributed by atoms with Gasteiger partial charge in [0.25, 0.3) is 14.1 Å². The van der Waals surface area contributed by atoms with Gasteiger partial charge >= 0.3 is 5.69 Å². The van der Waals surface area contributed by atoms with Gasteiger partial charge in [-0.1, -0.05) is 66.7 Å². The molecule has 2 aliphatic rings. The first kappa shape index (κ1) is 40.1. The predicted octanol–water partition coefficient (Wildman–Crippen LogP) is 7.07. The molecule has 5 atom stereocenters. The topological polar surface area (TPSA) is 137 Å². The van der Waals surface area contributed by atoms with Crippen LogP contribution in [0.25, 0.3) is 0 Å². The third kappa shape index (κ3) is 7.92. The van der Waals surface area contributed by atoms with Crippen molar-refractivity contribution in [3.63, 3.8) is 0 Å². The Morgan fingerprint density at radius 2 is 1.53 bits per heavy atom. The number of fused-ring (bicyclic) bond motifs is 2. The normalized spacial score (nSPS) is 21.3. The van der Waals surface area contributed by atoms with Crippen LogP contribution >= 0.6 is 8.53 Å². The van der Waals surface area contributed by atoms with E-state index in [9.17, 15) is 14.9 Å². The number of rotatable bonds is 17. The Balaban J connectivity index is 1.51. The van der Waals surface area contributed by atoms with Crippen molar-refractivity contribution in [1.82, 2.24) is 14.2 Å². The fraction of sp³-hybridized carbons (Fsp3) is 0.405. The van der Waals surface area contributed by atoms with E-state index in [0.717, 1.165) is 22.3 Å². The van der Waals surface area contributed by atoms with Gasteiger partial charge in [-0.15, -0.1) is 0 Å². The van der Waals surface area contributed by atoms with E-state index in [-0.39, 0.29) is 31.7 Å². The molecule has 1 N–H and O–H groups in total. The fourth-order valence-electron chi connectivity index (χ4n) is 7.80. The van der Waals surface area contributed by atoms with Crippen LogP contribution in [0, 0.1) is 17.2 Å². The minimum Gasteiger partial charge on any atom is -0.497 e. The molecular formula is C42H49N4O8P. The molecule has 13 heteroatoms. The summed E-state index contributed by atoms with van der Waals surface area (Å²) >= 11 is 0. The zero-order valence-corrected chi connectivity index (χ0v) is 33.0. The van der Waals surface area contributed by atoms with Crippen molar-refractivity contribution in [1.29, 1.82) is 5.26 Å². The molecule has 1 aliphatic carbocycles. The van der Waals surface area contributed by atoms with Crippen LogP contribution in [0.5, 0.6) is 11.5 Å². The average Bonchev–Trinajstić information content (AvgIpc) is 3.62. The van der Waals surface area contributed by atoms with Gasteiger partial charge in [-0.3, -0.25) is 14.3 Å². The maximum atomic E-state index is 13.3. The second-order valence-electron chi connectivity index (χ2n) is 14.3. The summed E-state index contributed by atoms with van der Waals surface area (Å²) in [5, 5.41) is 9.39. The van der Waals surface area contributed by atoms with Gasteiger partial charge in [-0.2, -0.15) is 5.26 Å². The number of hydrogen-bond acceptors (Lipinski definition) is 10. The predicted molar refractivity (Wildman–Crippen MR) is 210 cm³/mol. The molecule has 4 aromatic rings. The number of aromatic nitrogens is 2. The second-order valence-corrected chi connectivity index (χ2v) is 15.7. The maximum Gasteiger partial charge on any atom is 0.330 e. The molecule has 6 rings (SSSR count). The van der Waals surface area contributed by atoms with Crippen molar-refractivity contribution in [2.45, 2.75) is 76.2 Å². The van der Waals surface area contributed by atoms with Crippen molar-refractivity contribution in [2.24, 2.45) is 5.92 Å². The lowest BCUT2D eigenvalue weighted by molar-refractivity contribution is -0.161. The molecule has 55 heavy (non-hydrogen) atoms. The van der Waals surface area contributed by atoms with Crippen LogP contribution in [0.2, 0.25) is 0 Å². The molecule has 1 aromatic heterocycles. The highest BCUT2D eigenvalue weighted by Crippen LogP contribution is 2.61. The van der Waals surface area contributed by atoms with Gasteiger partial charge in [0.05, 0.1) is 45.8 Å². The minimum atomic E-state index is -1.74. The Labute approximate surface area is 323 Å². The molecule has 1 unspecified atom stereocenters. The lowest BCUT2D eigenvalue weighted by atomic mass is 9.79. The number of nitrogens with zero attached hydrogens (tertiary/aromatic N) is 3. The summed E-state index contributed by atoms with van der Waals surface area (Å²) < 4.78 is 42.6. The first-order chi connectivity index (χ1) is 26.5. The van der Waals surface area contributed by atoms with Crippen molar-refractivity contribution >= 4 is 8.53 Å². The van der Waals surface area contributed by atoms with Crippen LogP contribution in [-0.4, -0.2) is 65.4 Å². The highest BCUT2D eigenvalue weighted by molar-refractivity contribution is 7.44. The highest BCUT2D eigenvalue weighted by Gasteiger charge is 2.65. The van der Waals surface area contributed by atoms with E-state index in [1.807, 2.05) is 78.9 Å². The summed E-state index contributed by atoms with van der Waals surface area (Å²) in [6.45, 7) is 13.0. The summed E-state index contributed by atoms with van der Waals surface area (Å²) in [5.41, 5.74) is -0.107. The number of hydrogen-bond donors (Lipinski definition) is 1. The first-order valence-corrected chi connectivity index (χ1v) is 19.5. The quantitative estimate of drug-likeness (QED) is 0.0514. The average molecular weight is 769 g/mol. The molecule has 0 radical (unpaired) electrons. The Morgan fingerprint density at radius 1 is 0.945 bits per heavy atom. The standard InChI is InChI=1S/C42H49N4O8P/c1-28(2)46(29(3)4)55(52-25-11-23-43)54-38-37-30(5)26-41(38,53-39(37)45-24-22-36(47)44-40(45)48)27-51-42(31-12-9-8-10-13-31,32-14-18-34(49-6)19-15-32)33-16-20-35(50-7)21-17-33/h8-10,12-22,24,28-29,37-39H,5,11,25-27H2,1-4,6-7H3,(H,44,47,48)/t37-,38+,39-,41-,55?/m1/s1. The van der Waals surface area contributed by atoms with E-state index in [2.05, 4.69) is 50.0 Å². The Kier molecular flexibility index (Phi) is 12.4. The molecule has 1 saturated heterocycles. The SMILES string of the molecule is C=C1C[C@]2(COC(c3ccccc3)(c3ccc(OC)cc3)c3ccc(OC)cc3)O[C@@H](n3ccc(=O)[nH]c3=O)[C@H]1[C@@H]2OP(OCCC#N)N(C(C)C)C(C)C. The Morgan fingerprint density at radius 3 is 2.05 bits per heavy atom. The van der Waals surface area contributed by atoms with E-state index < -0.39 is 49.2 Å². The lowest BCUT2D eigenvalue weighted by Gasteiger charge is -2.42. The van der Waals surface area contributed by atoms with E-state index >= 15 is 0 Å². The molecule has 1 saturated carbocycles. The summed E-state index contributed by atoms with van der Waals surface area (Å²) in [4.78, 5) is 27.8. The van der Waals surface area contributed by atoms with E-state index in [1.54, 1.807) is 14.2 Å². The zero-order chi connectivity index (χ0) is 39.3. The number of ether oxygens (including phenoxy) is 4. The highest BCUT2D eigenvalue weighted by atomic mass is 31.2. The Hall–Kier alpha value is -4.60. The molecule has 2 bridgehead atoms. The number of aromatic amines is 1. The van der Waals surface area contributed by atoms with Gasteiger partial charge in [0.15, 0.2) is 0 Å². The van der Waals surface area contributed by atoms with Gasteiger partial charge in [0.2, 0.25) is 0 Å². The molecule has 0 spiro atoms. The smallest absolute Gasteiger partial charge is 0.330 e. The number of nitriles is 1. The van der Waals surface area contributed by atoms with Crippen LogP contribution in [0.3, 0.4) is 0 Å². The van der Waals surface area contributed by atoms with Crippen molar-refractivity contribution in [3.05, 3.63) is 141 Å². The van der Waals surface area contributed by atoms with Crippen LogP contribution in [-0.2, 0) is 24.1 Å². The van der Waals surface area contributed by atoms with Crippen molar-refractivity contribution in [2.75, 3.05) is 27.4 Å². The summed E-state index contributed by atoms with van der Waals surface area (Å²) in [7, 11) is 1.51. The molecule has 3 aromatic carbocycles. The number of benzene rings is 3. The summed E-state index contributed by atoms with van der Waals surface area (Å²) in [6.07, 6.45) is 0.440. The van der Waals surface area contributed by atoms with E-state index in [0.29, 0.717) is 17.9 Å². The molecule has 2 heterocycles. The first-order valence-electron chi connectivity index (χ1n) is 18.4. The number of nitrogens with one attached hydrogen (secondary N) is 1. The molecule has 1 aliphatic heterocycles. The van der Waals surface area contributed by atoms with Crippen LogP contribution in [0.1, 0.15) is 63.5 Å². The summed E-state index contributed by atoms with van der Waals surface area (Å²) in [5.74, 6) is 0.881. The van der Waals surface area contributed by atoms with Crippen LogP contribution in [0.4, 0.5) is 0 Å². The second kappa shape index (κ2) is 17.0. The third-order valence-electron chi connectivity index (χ3n) is 10.2. The molecule has 290 valence electrons. The molecule has 12 nitrogen and oxygen atoms in total. The number of H-pyrrole nitrogens is 1. The third-order valence-corrected chi connectivity index (χ3v) is 12.3. The molecule has 0 amide bonds.